The Hall–Kier alpha value is -3.13. The number of benzene rings is 2. The van der Waals surface area contributed by atoms with Gasteiger partial charge in [-0.05, 0) is 36.8 Å². The summed E-state index contributed by atoms with van der Waals surface area (Å²) in [4.78, 5) is 31.0. The monoisotopic (exact) mass is 422 g/mol. The number of para-hydroxylation sites is 1. The summed E-state index contributed by atoms with van der Waals surface area (Å²) >= 11 is 1.47. The lowest BCUT2D eigenvalue weighted by atomic mass is 10.1. The molecule has 0 fully saturated rings. The number of unbranched alkanes of at least 4 members (excludes halogenated alkanes) is 1. The number of hydrogen-bond acceptors (Lipinski definition) is 7. The van der Waals surface area contributed by atoms with Gasteiger partial charge in [0.25, 0.3) is 5.91 Å². The zero-order valence-corrected chi connectivity index (χ0v) is 17.6. The summed E-state index contributed by atoms with van der Waals surface area (Å²) in [6, 6.07) is 14.1. The highest BCUT2D eigenvalue weighted by Gasteiger charge is 2.37. The topological polar surface area (TPSA) is 83.4 Å². The summed E-state index contributed by atoms with van der Waals surface area (Å²) < 4.78 is 5.17. The van der Waals surface area contributed by atoms with Crippen LogP contribution in [0.5, 0.6) is 5.75 Å². The highest BCUT2D eigenvalue weighted by atomic mass is 32.2. The predicted molar refractivity (Wildman–Crippen MR) is 117 cm³/mol. The Bertz CT molecular complexity index is 1130. The molecule has 0 saturated carbocycles. The molecule has 1 amide bonds. The summed E-state index contributed by atoms with van der Waals surface area (Å²) in [5, 5.41) is 10.7. The lowest BCUT2D eigenvalue weighted by molar-refractivity contribution is -0.115. The van der Waals surface area contributed by atoms with Crippen LogP contribution in [0.2, 0.25) is 0 Å². The molecule has 30 heavy (non-hydrogen) atoms. The van der Waals surface area contributed by atoms with E-state index in [2.05, 4.69) is 22.3 Å². The number of nitrogens with one attached hydrogen (secondary N) is 1. The molecule has 0 saturated heterocycles. The second-order valence-corrected chi connectivity index (χ2v) is 7.95. The number of thioether (sulfide) groups is 1. The van der Waals surface area contributed by atoms with E-state index in [1.54, 1.807) is 37.4 Å². The van der Waals surface area contributed by atoms with Crippen LogP contribution in [0.3, 0.4) is 0 Å². The van der Waals surface area contributed by atoms with Crippen LogP contribution in [0.25, 0.3) is 5.70 Å². The van der Waals surface area contributed by atoms with Crippen molar-refractivity contribution in [1.29, 1.82) is 0 Å². The molecule has 154 valence electrons. The SMILES string of the molecule is CCCCSC1=NN2C(=c3ccccc3=N[C@H]2C(=O)c2ccc(OC)cc2)C(=O)N1. The van der Waals surface area contributed by atoms with Crippen molar-refractivity contribution in [1.82, 2.24) is 10.3 Å². The van der Waals surface area contributed by atoms with E-state index in [-0.39, 0.29) is 11.7 Å². The number of rotatable bonds is 6. The Labute approximate surface area is 178 Å². The predicted octanol–water partition coefficient (Wildman–Crippen LogP) is 1.88. The Morgan fingerprint density at radius 3 is 2.70 bits per heavy atom. The molecule has 2 aromatic rings. The van der Waals surface area contributed by atoms with Crippen molar-refractivity contribution in [3.63, 3.8) is 0 Å². The fourth-order valence-electron chi connectivity index (χ4n) is 3.28. The first-order valence-electron chi connectivity index (χ1n) is 9.80. The third-order valence-corrected chi connectivity index (χ3v) is 5.81. The zero-order chi connectivity index (χ0) is 21.1. The molecular weight excluding hydrogens is 400 g/mol. The first kappa shape index (κ1) is 20.2. The number of fused-ring (bicyclic) bond motifs is 2. The average Bonchev–Trinajstić information content (AvgIpc) is 2.78. The average molecular weight is 423 g/mol. The Kier molecular flexibility index (Phi) is 5.85. The van der Waals surface area contributed by atoms with Gasteiger partial charge in [0, 0.05) is 16.5 Å². The highest BCUT2D eigenvalue weighted by Crippen LogP contribution is 2.24. The molecule has 0 radical (unpaired) electrons. The van der Waals surface area contributed by atoms with E-state index in [1.165, 1.54) is 16.8 Å². The number of methoxy groups -OCH3 is 1. The number of carbonyl (C=O) groups is 2. The maximum Gasteiger partial charge on any atom is 0.276 e. The first-order valence-corrected chi connectivity index (χ1v) is 10.8. The Morgan fingerprint density at radius 1 is 1.20 bits per heavy atom. The van der Waals surface area contributed by atoms with Crippen LogP contribution in [0.4, 0.5) is 0 Å². The minimum Gasteiger partial charge on any atom is -0.497 e. The van der Waals surface area contributed by atoms with Crippen molar-refractivity contribution in [3.05, 3.63) is 64.7 Å². The number of ether oxygens (including phenoxy) is 1. The van der Waals surface area contributed by atoms with Gasteiger partial charge in [-0.3, -0.25) is 14.9 Å². The number of carbonyl (C=O) groups excluding carboxylic acids is 2. The smallest absolute Gasteiger partial charge is 0.276 e. The van der Waals surface area contributed by atoms with Crippen molar-refractivity contribution in [2.24, 2.45) is 10.1 Å². The zero-order valence-electron chi connectivity index (χ0n) is 16.8. The van der Waals surface area contributed by atoms with Crippen LogP contribution in [0, 0.1) is 0 Å². The second-order valence-electron chi connectivity index (χ2n) is 6.87. The molecule has 0 unspecified atom stereocenters. The minimum atomic E-state index is -0.948. The second kappa shape index (κ2) is 8.71. The maximum absolute atomic E-state index is 13.3. The molecule has 7 nitrogen and oxygen atoms in total. The van der Waals surface area contributed by atoms with Crippen molar-refractivity contribution < 1.29 is 14.3 Å². The third kappa shape index (κ3) is 3.82. The van der Waals surface area contributed by atoms with Crippen LogP contribution < -0.4 is 20.6 Å². The van der Waals surface area contributed by atoms with Gasteiger partial charge in [-0.2, -0.15) is 0 Å². The van der Waals surface area contributed by atoms with Crippen LogP contribution in [-0.4, -0.2) is 40.9 Å². The minimum absolute atomic E-state index is 0.235. The molecule has 4 rings (SSSR count). The van der Waals surface area contributed by atoms with Crippen LogP contribution in [0.1, 0.15) is 30.1 Å². The lowest BCUT2D eigenvalue weighted by Gasteiger charge is -2.33. The van der Waals surface area contributed by atoms with Crippen LogP contribution in [0.15, 0.2) is 58.6 Å². The number of hydrogen-bond donors (Lipinski definition) is 1. The number of ketones is 1. The number of amidine groups is 1. The molecule has 2 aliphatic rings. The van der Waals surface area contributed by atoms with E-state index in [9.17, 15) is 9.59 Å². The molecule has 0 aromatic heterocycles. The fraction of sp³-hybridized carbons (Fsp3) is 0.273. The number of hydrazone groups is 1. The Morgan fingerprint density at radius 2 is 1.97 bits per heavy atom. The molecule has 0 bridgehead atoms. The maximum atomic E-state index is 13.3. The van der Waals surface area contributed by atoms with Crippen LogP contribution in [-0.2, 0) is 4.79 Å². The van der Waals surface area contributed by atoms with Crippen LogP contribution >= 0.6 is 11.8 Å². The van der Waals surface area contributed by atoms with Gasteiger partial charge < -0.3 is 4.74 Å². The van der Waals surface area contributed by atoms with E-state index in [4.69, 9.17) is 4.74 Å². The number of nitrogens with zero attached hydrogens (tertiary/aromatic N) is 3. The van der Waals surface area contributed by atoms with Crippen molar-refractivity contribution in [2.45, 2.75) is 25.9 Å². The van der Waals surface area contributed by atoms with Crippen molar-refractivity contribution in [3.8, 4) is 5.75 Å². The van der Waals surface area contributed by atoms with Gasteiger partial charge in [0.05, 0.1) is 12.5 Å². The normalized spacial score (nSPS) is 17.3. The molecule has 1 N–H and O–H groups in total. The number of Topliss-reactive ketones (excluding diaryl/α,β-unsaturated/α-hetero) is 1. The van der Waals surface area contributed by atoms with E-state index in [0.717, 1.165) is 18.6 Å². The van der Waals surface area contributed by atoms with E-state index in [1.807, 2.05) is 18.2 Å². The molecule has 2 aliphatic heterocycles. The fourth-order valence-corrected chi connectivity index (χ4v) is 4.22. The molecule has 0 spiro atoms. The van der Waals surface area contributed by atoms with Gasteiger partial charge in [0.2, 0.25) is 11.9 Å². The highest BCUT2D eigenvalue weighted by molar-refractivity contribution is 8.13. The molecular formula is C22H22N4O3S. The van der Waals surface area contributed by atoms with Gasteiger partial charge >= 0.3 is 0 Å². The summed E-state index contributed by atoms with van der Waals surface area (Å²) in [7, 11) is 1.57. The first-order chi connectivity index (χ1) is 14.6. The summed E-state index contributed by atoms with van der Waals surface area (Å²) in [5.41, 5.74) is 0.817. The van der Waals surface area contributed by atoms with E-state index >= 15 is 0 Å². The quantitative estimate of drug-likeness (QED) is 0.568. The van der Waals surface area contributed by atoms with Crippen molar-refractivity contribution >= 4 is 34.3 Å². The molecule has 8 heteroatoms. The third-order valence-electron chi connectivity index (χ3n) is 4.86. The molecule has 0 aliphatic carbocycles. The van der Waals surface area contributed by atoms with E-state index < -0.39 is 6.17 Å². The Balaban J connectivity index is 1.77. The van der Waals surface area contributed by atoms with E-state index in [0.29, 0.717) is 32.8 Å². The van der Waals surface area contributed by atoms with Gasteiger partial charge in [-0.25, -0.2) is 10.0 Å². The standard InChI is InChI=1S/C22H22N4O3S/c1-3-4-13-30-22-24-21(28)18-16-7-5-6-8-17(16)23-20(26(18)25-22)19(27)14-9-11-15(29-2)12-10-14/h5-12,20H,3-4,13H2,1-2H3,(H,24,25,28)/t20-/m1/s1. The van der Waals surface area contributed by atoms with Gasteiger partial charge in [-0.15, -0.1) is 5.10 Å². The molecule has 2 heterocycles. The lowest BCUT2D eigenvalue weighted by Crippen LogP contribution is -2.54. The molecule has 2 aromatic carbocycles. The van der Waals surface area contributed by atoms with Gasteiger partial charge in [-0.1, -0.05) is 43.3 Å². The van der Waals surface area contributed by atoms with Gasteiger partial charge in [0.1, 0.15) is 11.4 Å². The molecule has 1 atom stereocenters. The van der Waals surface area contributed by atoms with Crippen molar-refractivity contribution in [2.75, 3.05) is 12.9 Å². The van der Waals surface area contributed by atoms with Gasteiger partial charge in [0.15, 0.2) is 5.17 Å². The summed E-state index contributed by atoms with van der Waals surface area (Å²) in [5.74, 6) is 0.985. The largest absolute Gasteiger partial charge is 0.497 e. The summed E-state index contributed by atoms with van der Waals surface area (Å²) in [6.45, 7) is 2.11. The summed E-state index contributed by atoms with van der Waals surface area (Å²) in [6.07, 6.45) is 1.12. The number of amides is 1.